The summed E-state index contributed by atoms with van der Waals surface area (Å²) in [6, 6.07) is 5.81. The van der Waals surface area contributed by atoms with Gasteiger partial charge in [0.05, 0.1) is 17.3 Å². The van der Waals surface area contributed by atoms with E-state index in [-0.39, 0.29) is 30.1 Å². The molecule has 1 atom stereocenters. The Morgan fingerprint density at radius 1 is 1.28 bits per heavy atom. The van der Waals surface area contributed by atoms with Crippen molar-refractivity contribution < 1.29 is 22.7 Å². The van der Waals surface area contributed by atoms with Crippen LogP contribution in [0.5, 0.6) is 5.75 Å². The molecule has 1 N–H and O–H groups in total. The van der Waals surface area contributed by atoms with Gasteiger partial charge in [-0.25, -0.2) is 4.68 Å². The number of hydrogen-bond acceptors (Lipinski definition) is 4. The van der Waals surface area contributed by atoms with E-state index in [1.165, 1.54) is 29.1 Å². The summed E-state index contributed by atoms with van der Waals surface area (Å²) in [6.07, 6.45) is -1.09. The Morgan fingerprint density at radius 3 is 2.69 bits per heavy atom. The largest absolute Gasteiger partial charge is 0.471 e. The number of nitrogens with one attached hydrogen (secondary N) is 1. The topological polar surface area (TPSA) is 74.0 Å². The highest BCUT2D eigenvalue weighted by molar-refractivity contribution is 5.92. The molecule has 2 aromatic heterocycles. The third kappa shape index (κ3) is 4.95. The number of halogens is 3. The van der Waals surface area contributed by atoms with E-state index < -0.39 is 11.7 Å². The Labute approximate surface area is 165 Å². The first-order valence-electron chi connectivity index (χ1n) is 8.78. The Bertz CT molecular complexity index is 1010. The average Bonchev–Trinajstić information content (AvgIpc) is 3.25. The van der Waals surface area contributed by atoms with Crippen molar-refractivity contribution in [3.05, 3.63) is 65.2 Å². The van der Waals surface area contributed by atoms with Crippen LogP contribution in [-0.2, 0) is 20.0 Å². The van der Waals surface area contributed by atoms with Crippen LogP contribution in [0.15, 0.2) is 42.7 Å². The second-order valence-electron chi connectivity index (χ2n) is 6.58. The second-order valence-corrected chi connectivity index (χ2v) is 6.58. The number of hydrogen-bond donors (Lipinski definition) is 1. The van der Waals surface area contributed by atoms with Crippen LogP contribution >= 0.6 is 0 Å². The zero-order chi connectivity index (χ0) is 21.2. The molecule has 154 valence electrons. The minimum atomic E-state index is -4.44. The summed E-state index contributed by atoms with van der Waals surface area (Å²) < 4.78 is 46.6. The van der Waals surface area contributed by atoms with Gasteiger partial charge in [0.2, 0.25) is 0 Å². The Hall–Kier alpha value is -3.30. The van der Waals surface area contributed by atoms with Crippen LogP contribution in [0, 0.1) is 6.92 Å². The van der Waals surface area contributed by atoms with Crippen LogP contribution in [-0.4, -0.2) is 25.5 Å². The highest BCUT2D eigenvalue weighted by Gasteiger charge is 2.30. The summed E-state index contributed by atoms with van der Waals surface area (Å²) >= 11 is 0. The Kier molecular flexibility index (Phi) is 5.62. The number of carbonyl (C=O) groups excluding carboxylic acids is 1. The molecule has 1 aromatic carbocycles. The van der Waals surface area contributed by atoms with Gasteiger partial charge in [0.25, 0.3) is 5.91 Å². The van der Waals surface area contributed by atoms with E-state index in [2.05, 4.69) is 15.5 Å². The molecule has 0 bridgehead atoms. The molecule has 3 rings (SSSR count). The maximum atomic E-state index is 12.8. The quantitative estimate of drug-likeness (QED) is 0.679. The molecule has 0 fully saturated rings. The number of rotatable bonds is 6. The molecule has 3 aromatic rings. The molecular weight excluding hydrogens is 387 g/mol. The summed E-state index contributed by atoms with van der Waals surface area (Å²) in [5.74, 6) is -0.319. The van der Waals surface area contributed by atoms with Crippen LogP contribution < -0.4 is 10.1 Å². The number of carbonyl (C=O) groups is 1. The molecule has 1 unspecified atom stereocenters. The van der Waals surface area contributed by atoms with Gasteiger partial charge in [-0.1, -0.05) is 6.07 Å². The van der Waals surface area contributed by atoms with Gasteiger partial charge < -0.3 is 10.1 Å². The van der Waals surface area contributed by atoms with Crippen molar-refractivity contribution in [1.29, 1.82) is 0 Å². The molecule has 10 heteroatoms. The molecule has 0 radical (unpaired) electrons. The van der Waals surface area contributed by atoms with Gasteiger partial charge in [-0.3, -0.25) is 9.48 Å². The first-order valence-corrected chi connectivity index (χ1v) is 8.78. The highest BCUT2D eigenvalue weighted by atomic mass is 19.4. The van der Waals surface area contributed by atoms with Crippen LogP contribution in [0.25, 0.3) is 0 Å². The van der Waals surface area contributed by atoms with E-state index in [0.717, 1.165) is 23.4 Å². The van der Waals surface area contributed by atoms with Crippen molar-refractivity contribution in [2.45, 2.75) is 32.8 Å². The summed E-state index contributed by atoms with van der Waals surface area (Å²) in [4.78, 5) is 12.4. The molecule has 0 aliphatic carbocycles. The molecular formula is C19H20F3N5O2. The van der Waals surface area contributed by atoms with E-state index in [0.29, 0.717) is 0 Å². The lowest BCUT2D eigenvalue weighted by Crippen LogP contribution is -2.27. The standard InChI is InChI=1S/C19H20F3N5O2/c1-12(16-10-26(3)24-13(16)2)23-18(28)17-7-8-27(25-17)11-29-15-6-4-5-14(9-15)19(20,21)22/h4-10,12H,11H2,1-3H3,(H,23,28). The zero-order valence-electron chi connectivity index (χ0n) is 16.1. The molecule has 29 heavy (non-hydrogen) atoms. The molecule has 0 aliphatic heterocycles. The lowest BCUT2D eigenvalue weighted by atomic mass is 10.1. The fourth-order valence-electron chi connectivity index (χ4n) is 2.85. The monoisotopic (exact) mass is 407 g/mol. The van der Waals surface area contributed by atoms with E-state index in [4.69, 9.17) is 4.74 Å². The van der Waals surface area contributed by atoms with Gasteiger partial charge in [-0.2, -0.15) is 23.4 Å². The predicted molar refractivity (Wildman–Crippen MR) is 98.1 cm³/mol. The number of amides is 1. The molecule has 0 saturated carbocycles. The van der Waals surface area contributed by atoms with Gasteiger partial charge in [0.15, 0.2) is 6.73 Å². The first-order chi connectivity index (χ1) is 13.6. The summed E-state index contributed by atoms with van der Waals surface area (Å²) in [5.41, 5.74) is 1.09. The number of aromatic nitrogens is 4. The average molecular weight is 407 g/mol. The van der Waals surface area contributed by atoms with E-state index in [1.54, 1.807) is 11.7 Å². The fourth-order valence-corrected chi connectivity index (χ4v) is 2.85. The molecule has 0 spiro atoms. The molecule has 0 aliphatic rings. The lowest BCUT2D eigenvalue weighted by molar-refractivity contribution is -0.137. The summed E-state index contributed by atoms with van der Waals surface area (Å²) in [6.45, 7) is 3.57. The molecule has 7 nitrogen and oxygen atoms in total. The van der Waals surface area contributed by atoms with Crippen molar-refractivity contribution in [1.82, 2.24) is 24.9 Å². The Balaban J connectivity index is 1.60. The van der Waals surface area contributed by atoms with Gasteiger partial charge in [-0.05, 0) is 38.1 Å². The van der Waals surface area contributed by atoms with Crippen molar-refractivity contribution in [2.75, 3.05) is 0 Å². The molecule has 1 amide bonds. The van der Waals surface area contributed by atoms with E-state index >= 15 is 0 Å². The van der Waals surface area contributed by atoms with E-state index in [9.17, 15) is 18.0 Å². The minimum absolute atomic E-state index is 0.0574. The SMILES string of the molecule is Cc1nn(C)cc1C(C)NC(=O)c1ccn(COc2cccc(C(F)(F)F)c2)n1. The minimum Gasteiger partial charge on any atom is -0.471 e. The number of benzene rings is 1. The number of nitrogens with zero attached hydrogens (tertiary/aromatic N) is 4. The number of ether oxygens (including phenoxy) is 1. The third-order valence-corrected chi connectivity index (χ3v) is 4.26. The van der Waals surface area contributed by atoms with Crippen LogP contribution in [0.1, 0.15) is 40.3 Å². The van der Waals surface area contributed by atoms with Crippen molar-refractivity contribution >= 4 is 5.91 Å². The van der Waals surface area contributed by atoms with Crippen LogP contribution in [0.4, 0.5) is 13.2 Å². The zero-order valence-corrected chi connectivity index (χ0v) is 16.1. The maximum Gasteiger partial charge on any atom is 0.416 e. The fraction of sp³-hybridized carbons (Fsp3) is 0.316. The first kappa shape index (κ1) is 20.4. The predicted octanol–water partition coefficient (Wildman–Crippen LogP) is 3.47. The number of aryl methyl sites for hydroxylation is 2. The van der Waals surface area contributed by atoms with Crippen LogP contribution in [0.2, 0.25) is 0 Å². The summed E-state index contributed by atoms with van der Waals surface area (Å²) in [7, 11) is 1.80. The smallest absolute Gasteiger partial charge is 0.416 e. The van der Waals surface area contributed by atoms with Crippen molar-refractivity contribution in [2.24, 2.45) is 7.05 Å². The Morgan fingerprint density at radius 2 is 2.03 bits per heavy atom. The molecule has 0 saturated heterocycles. The lowest BCUT2D eigenvalue weighted by Gasteiger charge is -2.12. The van der Waals surface area contributed by atoms with E-state index in [1.807, 2.05) is 20.0 Å². The van der Waals surface area contributed by atoms with Gasteiger partial charge in [0.1, 0.15) is 11.4 Å². The summed E-state index contributed by atoms with van der Waals surface area (Å²) in [5, 5.41) is 11.2. The number of alkyl halides is 3. The van der Waals surface area contributed by atoms with Crippen molar-refractivity contribution in [3.8, 4) is 5.75 Å². The second kappa shape index (κ2) is 7.98. The normalized spacial score (nSPS) is 12.6. The highest BCUT2D eigenvalue weighted by Crippen LogP contribution is 2.31. The van der Waals surface area contributed by atoms with Gasteiger partial charge in [-0.15, -0.1) is 0 Å². The van der Waals surface area contributed by atoms with Gasteiger partial charge >= 0.3 is 6.18 Å². The van der Waals surface area contributed by atoms with Crippen LogP contribution in [0.3, 0.4) is 0 Å². The third-order valence-electron chi connectivity index (χ3n) is 4.26. The maximum absolute atomic E-state index is 12.8. The van der Waals surface area contributed by atoms with Crippen molar-refractivity contribution in [3.63, 3.8) is 0 Å². The molecule has 2 heterocycles. The van der Waals surface area contributed by atoms with Gasteiger partial charge in [0, 0.05) is 25.0 Å².